The molecule has 0 radical (unpaired) electrons. The number of hydrogen-bond acceptors (Lipinski definition) is 4. The average molecular weight is 339 g/mol. The van der Waals surface area contributed by atoms with Crippen molar-refractivity contribution in [2.45, 2.75) is 50.0 Å². The van der Waals surface area contributed by atoms with Crippen LogP contribution in [0.1, 0.15) is 32.1 Å². The second-order valence-electron chi connectivity index (χ2n) is 6.29. The fourth-order valence-electron chi connectivity index (χ4n) is 2.94. The zero-order valence-electron chi connectivity index (χ0n) is 13.3. The van der Waals surface area contributed by atoms with Gasteiger partial charge in [-0.1, -0.05) is 0 Å². The lowest BCUT2D eigenvalue weighted by Crippen LogP contribution is -2.62. The lowest BCUT2D eigenvalue weighted by molar-refractivity contribution is -0.347. The molecule has 1 aliphatic heterocycles. The smallest absolute Gasteiger partial charge is 0.381 e. The second-order valence-corrected chi connectivity index (χ2v) is 6.29. The van der Waals surface area contributed by atoms with Gasteiger partial charge in [-0.15, -0.1) is 0 Å². The van der Waals surface area contributed by atoms with Crippen LogP contribution < -0.4 is 5.32 Å². The monoisotopic (exact) mass is 339 g/mol. The van der Waals surface area contributed by atoms with Gasteiger partial charge in [-0.25, -0.2) is 0 Å². The van der Waals surface area contributed by atoms with Gasteiger partial charge in [0.25, 0.3) is 0 Å². The fourth-order valence-corrected chi connectivity index (χ4v) is 2.94. The SMILES string of the molecule is COC1CCC(CCNC(=O)COC2(C(F)(F)F)COC2)CC1. The maximum Gasteiger partial charge on any atom is 0.422 e. The largest absolute Gasteiger partial charge is 0.422 e. The Morgan fingerprint density at radius 3 is 2.39 bits per heavy atom. The van der Waals surface area contributed by atoms with Crippen molar-refractivity contribution in [3.05, 3.63) is 0 Å². The summed E-state index contributed by atoms with van der Waals surface area (Å²) in [4.78, 5) is 11.6. The quantitative estimate of drug-likeness (QED) is 0.771. The summed E-state index contributed by atoms with van der Waals surface area (Å²) in [5, 5.41) is 2.62. The van der Waals surface area contributed by atoms with Crippen LogP contribution in [-0.4, -0.2) is 57.3 Å². The topological polar surface area (TPSA) is 56.8 Å². The molecule has 1 N–H and O–H groups in total. The van der Waals surface area contributed by atoms with Crippen LogP contribution in [0.25, 0.3) is 0 Å². The molecule has 0 aromatic rings. The van der Waals surface area contributed by atoms with Crippen molar-refractivity contribution in [3.8, 4) is 0 Å². The van der Waals surface area contributed by atoms with Crippen LogP contribution in [0.4, 0.5) is 13.2 Å². The van der Waals surface area contributed by atoms with Crippen LogP contribution in [0.15, 0.2) is 0 Å². The zero-order valence-corrected chi connectivity index (χ0v) is 13.3. The minimum atomic E-state index is -4.52. The van der Waals surface area contributed by atoms with Crippen LogP contribution in [0.2, 0.25) is 0 Å². The Kier molecular flexibility index (Phi) is 6.27. The molecule has 1 heterocycles. The summed E-state index contributed by atoms with van der Waals surface area (Å²) in [5.74, 6) is 0.00951. The number of halogens is 3. The van der Waals surface area contributed by atoms with Crippen LogP contribution in [-0.2, 0) is 19.0 Å². The molecule has 1 amide bonds. The van der Waals surface area contributed by atoms with E-state index in [0.29, 0.717) is 18.6 Å². The van der Waals surface area contributed by atoms with E-state index in [1.54, 1.807) is 7.11 Å². The number of ether oxygens (including phenoxy) is 3. The molecule has 1 aliphatic carbocycles. The number of carbonyl (C=O) groups is 1. The standard InChI is InChI=1S/C15H24F3NO4/c1-21-12-4-2-11(3-5-12)6-7-19-13(20)8-23-14(9-22-10-14)15(16,17)18/h11-12H,2-10H2,1H3,(H,19,20). The summed E-state index contributed by atoms with van der Waals surface area (Å²) in [6.07, 6.45) is 0.788. The van der Waals surface area contributed by atoms with Gasteiger partial charge in [0.15, 0.2) is 0 Å². The predicted molar refractivity (Wildman–Crippen MR) is 75.9 cm³/mol. The number of nitrogens with one attached hydrogen (secondary N) is 1. The molecular formula is C15H24F3NO4. The van der Waals surface area contributed by atoms with Crippen molar-refractivity contribution in [1.82, 2.24) is 5.32 Å². The normalized spacial score (nSPS) is 27.3. The van der Waals surface area contributed by atoms with Crippen molar-refractivity contribution in [2.24, 2.45) is 5.92 Å². The molecule has 2 fully saturated rings. The fraction of sp³-hybridized carbons (Fsp3) is 0.933. The van der Waals surface area contributed by atoms with Crippen molar-refractivity contribution in [1.29, 1.82) is 0 Å². The number of amides is 1. The maximum atomic E-state index is 12.8. The van der Waals surface area contributed by atoms with E-state index in [9.17, 15) is 18.0 Å². The van der Waals surface area contributed by atoms with Crippen molar-refractivity contribution in [2.75, 3.05) is 33.5 Å². The first-order valence-electron chi connectivity index (χ1n) is 7.94. The first kappa shape index (κ1) is 18.5. The Hall–Kier alpha value is -0.860. The molecule has 0 spiro atoms. The highest BCUT2D eigenvalue weighted by Gasteiger charge is 2.61. The Morgan fingerprint density at radius 1 is 1.26 bits per heavy atom. The Bertz CT molecular complexity index is 391. The Balaban J connectivity index is 1.61. The predicted octanol–water partition coefficient (Wildman–Crippen LogP) is 2.05. The molecule has 0 aromatic carbocycles. The van der Waals surface area contributed by atoms with E-state index >= 15 is 0 Å². The first-order valence-corrected chi connectivity index (χ1v) is 7.94. The van der Waals surface area contributed by atoms with Gasteiger partial charge in [-0.05, 0) is 38.0 Å². The molecule has 2 aliphatic rings. The van der Waals surface area contributed by atoms with E-state index in [1.165, 1.54) is 0 Å². The summed E-state index contributed by atoms with van der Waals surface area (Å²) in [6.45, 7) is -1.24. The second kappa shape index (κ2) is 7.81. The molecule has 23 heavy (non-hydrogen) atoms. The number of hydrogen-bond donors (Lipinski definition) is 1. The minimum Gasteiger partial charge on any atom is -0.381 e. The third kappa shape index (κ3) is 4.81. The molecule has 0 unspecified atom stereocenters. The molecule has 5 nitrogen and oxygen atoms in total. The Morgan fingerprint density at radius 2 is 1.91 bits per heavy atom. The van der Waals surface area contributed by atoms with E-state index in [2.05, 4.69) is 10.1 Å². The zero-order chi connectivity index (χ0) is 16.9. The molecule has 8 heteroatoms. The summed E-state index contributed by atoms with van der Waals surface area (Å²) in [5.41, 5.74) is -2.32. The van der Waals surface area contributed by atoms with E-state index in [4.69, 9.17) is 9.47 Å². The third-order valence-corrected chi connectivity index (χ3v) is 4.67. The van der Waals surface area contributed by atoms with E-state index in [-0.39, 0.29) is 0 Å². The summed E-state index contributed by atoms with van der Waals surface area (Å²) < 4.78 is 53.1. The summed E-state index contributed by atoms with van der Waals surface area (Å²) in [6, 6.07) is 0. The minimum absolute atomic E-state index is 0.331. The molecular weight excluding hydrogens is 315 g/mol. The van der Waals surface area contributed by atoms with Crippen molar-refractivity contribution < 1.29 is 32.2 Å². The van der Waals surface area contributed by atoms with E-state index in [0.717, 1.165) is 32.1 Å². The van der Waals surface area contributed by atoms with Crippen molar-refractivity contribution in [3.63, 3.8) is 0 Å². The molecule has 1 saturated heterocycles. The number of alkyl halides is 3. The van der Waals surface area contributed by atoms with E-state index in [1.807, 2.05) is 0 Å². The maximum absolute atomic E-state index is 12.8. The van der Waals surface area contributed by atoms with Crippen molar-refractivity contribution >= 4 is 5.91 Å². The van der Waals surface area contributed by atoms with Gasteiger partial charge in [0.2, 0.25) is 11.5 Å². The van der Waals surface area contributed by atoms with E-state index < -0.39 is 37.5 Å². The highest BCUT2D eigenvalue weighted by Crippen LogP contribution is 2.39. The molecule has 2 rings (SSSR count). The average Bonchev–Trinajstić information content (AvgIpc) is 2.45. The van der Waals surface area contributed by atoms with Gasteiger partial charge < -0.3 is 19.5 Å². The molecule has 1 saturated carbocycles. The van der Waals surface area contributed by atoms with Gasteiger partial charge in [-0.3, -0.25) is 4.79 Å². The number of carbonyl (C=O) groups excluding carboxylic acids is 1. The summed E-state index contributed by atoms with van der Waals surface area (Å²) in [7, 11) is 1.71. The van der Waals surface area contributed by atoms with Crippen LogP contribution in [0.3, 0.4) is 0 Å². The lowest BCUT2D eigenvalue weighted by Gasteiger charge is -2.41. The Labute approximate surface area is 133 Å². The van der Waals surface area contributed by atoms with Crippen LogP contribution >= 0.6 is 0 Å². The van der Waals surface area contributed by atoms with Gasteiger partial charge in [0, 0.05) is 13.7 Å². The third-order valence-electron chi connectivity index (χ3n) is 4.67. The first-order chi connectivity index (χ1) is 10.9. The van der Waals surface area contributed by atoms with Gasteiger partial charge in [-0.2, -0.15) is 13.2 Å². The highest BCUT2D eigenvalue weighted by atomic mass is 19.4. The van der Waals surface area contributed by atoms with Gasteiger partial charge >= 0.3 is 6.18 Å². The number of methoxy groups -OCH3 is 1. The molecule has 0 aromatic heterocycles. The van der Waals surface area contributed by atoms with Gasteiger partial charge in [0.1, 0.15) is 6.61 Å². The lowest BCUT2D eigenvalue weighted by atomic mass is 9.85. The van der Waals surface area contributed by atoms with Crippen LogP contribution in [0, 0.1) is 5.92 Å². The van der Waals surface area contributed by atoms with Gasteiger partial charge in [0.05, 0.1) is 19.3 Å². The number of rotatable bonds is 7. The van der Waals surface area contributed by atoms with Crippen LogP contribution in [0.5, 0.6) is 0 Å². The molecule has 0 bridgehead atoms. The molecule has 134 valence electrons. The summed E-state index contributed by atoms with van der Waals surface area (Å²) >= 11 is 0. The highest BCUT2D eigenvalue weighted by molar-refractivity contribution is 5.77. The molecule has 0 atom stereocenters.